The van der Waals surface area contributed by atoms with Crippen LogP contribution >= 0.6 is 34.8 Å². The number of methoxy groups -OCH3 is 1. The molecule has 0 fully saturated rings. The van der Waals surface area contributed by atoms with Gasteiger partial charge in [-0.15, -0.1) is 0 Å². The van der Waals surface area contributed by atoms with E-state index in [4.69, 9.17) is 39.5 Å². The summed E-state index contributed by atoms with van der Waals surface area (Å²) in [7, 11) is -1.93. The molecule has 42 heavy (non-hydrogen) atoms. The molecule has 11 nitrogen and oxygen atoms in total. The van der Waals surface area contributed by atoms with Crippen molar-refractivity contribution in [1.82, 2.24) is 10.2 Å². The molecule has 0 saturated carbocycles. The average molecular weight is 658 g/mol. The molecule has 0 heterocycles. The van der Waals surface area contributed by atoms with Crippen LogP contribution in [0.2, 0.25) is 15.1 Å². The number of aryl methyl sites for hydroxylation is 1. The number of hydrogen-bond acceptors (Lipinski definition) is 7. The number of benzene rings is 3. The van der Waals surface area contributed by atoms with Crippen LogP contribution < -0.4 is 14.4 Å². The minimum Gasteiger partial charge on any atom is -0.495 e. The van der Waals surface area contributed by atoms with Crippen LogP contribution in [0, 0.1) is 17.0 Å². The first-order valence-corrected chi connectivity index (χ1v) is 14.8. The van der Waals surface area contributed by atoms with Crippen molar-refractivity contribution in [3.63, 3.8) is 0 Å². The molecular weight excluding hydrogens is 631 g/mol. The Hall–Kier alpha value is -3.58. The van der Waals surface area contributed by atoms with Crippen LogP contribution in [0.3, 0.4) is 0 Å². The molecule has 1 N–H and O–H groups in total. The maximum Gasteiger partial charge on any atom is 0.273 e. The molecule has 15 heteroatoms. The minimum atomic E-state index is -4.64. The number of ether oxygens (including phenoxy) is 1. The number of nitro groups is 1. The average Bonchev–Trinajstić information content (AvgIpc) is 2.95. The SMILES string of the molecule is CNC(=O)[C@H](C)N(Cc1ccc(Cl)c(Cl)c1)C(=O)CN(c1cc(Cl)ccc1OC)S(=O)(=O)c1ccc(C)c([N+](=O)[O-])c1. The van der Waals surface area contributed by atoms with Crippen molar-refractivity contribution in [2.45, 2.75) is 31.3 Å². The molecule has 3 aromatic rings. The third-order valence-corrected chi connectivity index (χ3v) is 9.13. The van der Waals surface area contributed by atoms with E-state index in [0.717, 1.165) is 10.4 Å². The molecule has 0 aliphatic carbocycles. The van der Waals surface area contributed by atoms with Gasteiger partial charge in [0.2, 0.25) is 11.8 Å². The van der Waals surface area contributed by atoms with Crippen molar-refractivity contribution in [3.8, 4) is 5.75 Å². The van der Waals surface area contributed by atoms with E-state index in [2.05, 4.69) is 5.32 Å². The van der Waals surface area contributed by atoms with Gasteiger partial charge in [0.05, 0.1) is 32.7 Å². The lowest BCUT2D eigenvalue weighted by Crippen LogP contribution is -2.50. The molecule has 1 atom stereocenters. The Kier molecular flexibility index (Phi) is 10.7. The van der Waals surface area contributed by atoms with Crippen molar-refractivity contribution in [2.75, 3.05) is 25.0 Å². The first-order valence-electron chi connectivity index (χ1n) is 12.3. The van der Waals surface area contributed by atoms with Gasteiger partial charge in [-0.05, 0) is 55.8 Å². The summed E-state index contributed by atoms with van der Waals surface area (Å²) in [5.41, 5.74) is 0.255. The van der Waals surface area contributed by atoms with E-state index in [1.54, 1.807) is 6.07 Å². The number of anilines is 1. The number of nitrogens with zero attached hydrogens (tertiary/aromatic N) is 3. The Morgan fingerprint density at radius 1 is 1.05 bits per heavy atom. The Balaban J connectivity index is 2.17. The fourth-order valence-corrected chi connectivity index (χ4v) is 6.00. The highest BCUT2D eigenvalue weighted by Crippen LogP contribution is 2.36. The molecule has 0 saturated heterocycles. The van der Waals surface area contributed by atoms with Gasteiger partial charge in [-0.1, -0.05) is 46.9 Å². The summed E-state index contributed by atoms with van der Waals surface area (Å²) >= 11 is 18.4. The van der Waals surface area contributed by atoms with Crippen molar-refractivity contribution in [3.05, 3.63) is 90.9 Å². The van der Waals surface area contributed by atoms with Gasteiger partial charge >= 0.3 is 0 Å². The molecule has 0 aromatic heterocycles. The molecule has 0 aliphatic rings. The predicted octanol–water partition coefficient (Wildman–Crippen LogP) is 5.23. The smallest absolute Gasteiger partial charge is 0.273 e. The molecule has 0 radical (unpaired) electrons. The summed E-state index contributed by atoms with van der Waals surface area (Å²) in [5, 5.41) is 14.7. The molecule has 0 unspecified atom stereocenters. The Morgan fingerprint density at radius 3 is 2.33 bits per heavy atom. The van der Waals surface area contributed by atoms with Crippen LogP contribution in [0.1, 0.15) is 18.1 Å². The zero-order valence-electron chi connectivity index (χ0n) is 22.9. The second-order valence-corrected chi connectivity index (χ2v) is 12.2. The van der Waals surface area contributed by atoms with Gasteiger partial charge in [0.25, 0.3) is 15.7 Å². The molecule has 3 aromatic carbocycles. The summed E-state index contributed by atoms with van der Waals surface area (Å²) < 4.78 is 34.3. The van der Waals surface area contributed by atoms with Gasteiger partial charge in [0.1, 0.15) is 18.3 Å². The Bertz CT molecular complexity index is 1640. The number of rotatable bonds is 11. The molecule has 0 aliphatic heterocycles. The Labute approximate surface area is 258 Å². The number of carbonyl (C=O) groups excluding carboxylic acids is 2. The lowest BCUT2D eigenvalue weighted by molar-refractivity contribution is -0.385. The van der Waals surface area contributed by atoms with Gasteiger partial charge in [-0.25, -0.2) is 8.42 Å². The summed E-state index contributed by atoms with van der Waals surface area (Å²) in [4.78, 5) is 38.2. The zero-order valence-corrected chi connectivity index (χ0v) is 26.0. The third-order valence-electron chi connectivity index (χ3n) is 6.40. The highest BCUT2D eigenvalue weighted by molar-refractivity contribution is 7.92. The number of hydrogen-bond donors (Lipinski definition) is 1. The zero-order chi connectivity index (χ0) is 31.4. The Morgan fingerprint density at radius 2 is 1.74 bits per heavy atom. The van der Waals surface area contributed by atoms with E-state index in [-0.39, 0.29) is 38.6 Å². The lowest BCUT2D eigenvalue weighted by atomic mass is 10.1. The van der Waals surface area contributed by atoms with Crippen LogP contribution in [0.4, 0.5) is 11.4 Å². The monoisotopic (exact) mass is 656 g/mol. The van der Waals surface area contributed by atoms with Gasteiger partial charge in [-0.3, -0.25) is 24.0 Å². The van der Waals surface area contributed by atoms with Crippen LogP contribution in [-0.2, 0) is 26.2 Å². The highest BCUT2D eigenvalue weighted by Gasteiger charge is 2.34. The maximum atomic E-state index is 14.1. The number of amides is 2. The molecule has 0 bridgehead atoms. The number of likely N-dealkylation sites (N-methyl/N-ethyl adjacent to an activating group) is 1. The fourth-order valence-electron chi connectivity index (χ4n) is 4.07. The summed E-state index contributed by atoms with van der Waals surface area (Å²) in [6, 6.07) is 11.2. The van der Waals surface area contributed by atoms with Crippen molar-refractivity contribution in [2.24, 2.45) is 0 Å². The van der Waals surface area contributed by atoms with Crippen molar-refractivity contribution < 1.29 is 27.7 Å². The minimum absolute atomic E-state index is 0.0627. The first kappa shape index (κ1) is 32.9. The first-order chi connectivity index (χ1) is 19.7. The van der Waals surface area contributed by atoms with E-state index in [9.17, 15) is 28.1 Å². The van der Waals surface area contributed by atoms with Crippen LogP contribution in [0.25, 0.3) is 0 Å². The van der Waals surface area contributed by atoms with Gasteiger partial charge in [-0.2, -0.15) is 0 Å². The standard InChI is InChI=1S/C27H27Cl3N4O7S/c1-16-5-8-20(13-23(16)34(37)38)42(39,40)33(24-12-19(28)7-10-25(24)41-4)15-26(35)32(17(2)27(36)31-3)14-18-6-9-21(29)22(30)11-18/h5-13,17H,14-15H2,1-4H3,(H,31,36)/t17-/m0/s1. The van der Waals surface area contributed by atoms with E-state index in [0.29, 0.717) is 5.56 Å². The quantitative estimate of drug-likeness (QED) is 0.220. The fraction of sp³-hybridized carbons (Fsp3) is 0.259. The predicted molar refractivity (Wildman–Crippen MR) is 161 cm³/mol. The van der Waals surface area contributed by atoms with Crippen molar-refractivity contribution in [1.29, 1.82) is 0 Å². The van der Waals surface area contributed by atoms with Crippen LogP contribution in [0.15, 0.2) is 59.5 Å². The van der Waals surface area contributed by atoms with E-state index < -0.39 is 49.9 Å². The number of sulfonamides is 1. The van der Waals surface area contributed by atoms with E-state index in [1.807, 2.05) is 0 Å². The highest BCUT2D eigenvalue weighted by atomic mass is 35.5. The summed E-state index contributed by atoms with van der Waals surface area (Å²) in [5.74, 6) is -1.22. The molecule has 224 valence electrons. The number of carbonyl (C=O) groups is 2. The second kappa shape index (κ2) is 13.6. The maximum absolute atomic E-state index is 14.1. The number of nitrogens with one attached hydrogen (secondary N) is 1. The number of halogens is 3. The van der Waals surface area contributed by atoms with Crippen molar-refractivity contribution >= 4 is 68.0 Å². The largest absolute Gasteiger partial charge is 0.495 e. The van der Waals surface area contributed by atoms with Gasteiger partial charge in [0, 0.05) is 30.2 Å². The summed E-state index contributed by atoms with van der Waals surface area (Å²) in [6.45, 7) is 2.01. The molecule has 2 amide bonds. The summed E-state index contributed by atoms with van der Waals surface area (Å²) in [6.07, 6.45) is 0. The normalized spacial score (nSPS) is 11.9. The number of nitro benzene ring substituents is 1. The van der Waals surface area contributed by atoms with E-state index in [1.165, 1.54) is 75.4 Å². The van der Waals surface area contributed by atoms with Gasteiger partial charge < -0.3 is 15.0 Å². The van der Waals surface area contributed by atoms with Crippen LogP contribution in [-0.4, -0.2) is 56.8 Å². The molecule has 0 spiro atoms. The van der Waals surface area contributed by atoms with E-state index >= 15 is 0 Å². The van der Waals surface area contributed by atoms with Gasteiger partial charge in [0.15, 0.2) is 0 Å². The third kappa shape index (κ3) is 7.24. The molecular formula is C27H27Cl3N4O7S. The molecule has 3 rings (SSSR count). The topological polar surface area (TPSA) is 139 Å². The lowest BCUT2D eigenvalue weighted by Gasteiger charge is -2.32. The second-order valence-electron chi connectivity index (χ2n) is 9.09. The van der Waals surface area contributed by atoms with Crippen LogP contribution in [0.5, 0.6) is 5.75 Å².